The van der Waals surface area contributed by atoms with Gasteiger partial charge >= 0.3 is 0 Å². The normalized spacial score (nSPS) is 25.6. The Hall–Kier alpha value is -1.87. The number of ether oxygens (including phenoxy) is 1. The summed E-state index contributed by atoms with van der Waals surface area (Å²) in [6, 6.07) is 1.16. The molecule has 1 fully saturated rings. The molecule has 3 aliphatic rings. The number of rotatable bonds is 18. The molecule has 3 heteroatoms. The zero-order chi connectivity index (χ0) is 23.0. The van der Waals surface area contributed by atoms with E-state index in [1.807, 2.05) is 0 Å². The first kappa shape index (κ1) is 25.7. The number of hydrogen-bond donors (Lipinski definition) is 0. The predicted molar refractivity (Wildman–Crippen MR) is 139 cm³/mol. The van der Waals surface area contributed by atoms with Gasteiger partial charge in [-0.3, -0.25) is 9.69 Å². The number of likely N-dealkylation sites (tertiary alicyclic amines) is 1. The van der Waals surface area contributed by atoms with Crippen LogP contribution in [0.1, 0.15) is 83.5 Å². The monoisotopic (exact) mass is 451 g/mol. The van der Waals surface area contributed by atoms with Crippen LogP contribution in [-0.4, -0.2) is 36.6 Å². The van der Waals surface area contributed by atoms with E-state index in [9.17, 15) is 4.79 Å². The van der Waals surface area contributed by atoms with E-state index in [1.165, 1.54) is 83.6 Å². The van der Waals surface area contributed by atoms with Crippen molar-refractivity contribution in [3.05, 3.63) is 60.8 Å². The number of nitrogens with zero attached hydrogens (tertiary/aromatic N) is 1. The van der Waals surface area contributed by atoms with Crippen LogP contribution in [0.2, 0.25) is 0 Å². The van der Waals surface area contributed by atoms with Crippen molar-refractivity contribution in [3.8, 4) is 0 Å². The molecule has 0 aromatic heterocycles. The molecule has 3 rings (SSSR count). The standard InChI is InChI=1S/C30H45NO2/c32-26-33-25-19-13-11-9-7-5-3-1-2-4-6-8-10-12-18-24-31-29-22-16-14-20-27(29)28-21-15-17-23-30(28)31/h6,8,14-17,20-23,26-30H,1-5,7,9-13,18-19,24-25H2/b8-6+. The van der Waals surface area contributed by atoms with Crippen molar-refractivity contribution in [1.29, 1.82) is 0 Å². The number of carbonyl (C=O) groups excluding carboxylic acids is 1. The largest absolute Gasteiger partial charge is 0.468 e. The number of carbonyl (C=O) groups is 1. The molecule has 0 bridgehead atoms. The van der Waals surface area contributed by atoms with Crippen molar-refractivity contribution in [1.82, 2.24) is 4.90 Å². The number of allylic oxidation sites excluding steroid dienone is 6. The van der Waals surface area contributed by atoms with Gasteiger partial charge in [0, 0.05) is 23.9 Å². The number of unbranched alkanes of at least 4 members (excludes halogenated alkanes) is 11. The number of fused-ring (bicyclic) bond motifs is 3. The topological polar surface area (TPSA) is 29.5 Å². The van der Waals surface area contributed by atoms with Gasteiger partial charge in [-0.2, -0.15) is 0 Å². The lowest BCUT2D eigenvalue weighted by Crippen LogP contribution is -2.37. The minimum atomic E-state index is 0.548. The quantitative estimate of drug-likeness (QED) is 0.124. The Balaban J connectivity index is 1.14. The maximum absolute atomic E-state index is 10.1. The molecule has 0 aromatic carbocycles. The molecule has 1 aliphatic heterocycles. The molecule has 1 saturated heterocycles. The van der Waals surface area contributed by atoms with E-state index >= 15 is 0 Å². The predicted octanol–water partition coefficient (Wildman–Crippen LogP) is 7.32. The van der Waals surface area contributed by atoms with Gasteiger partial charge in [-0.05, 0) is 45.1 Å². The molecule has 0 saturated carbocycles. The Morgan fingerprint density at radius 3 is 1.67 bits per heavy atom. The molecule has 0 N–H and O–H groups in total. The fourth-order valence-electron chi connectivity index (χ4n) is 5.62. The van der Waals surface area contributed by atoms with Gasteiger partial charge in [0.05, 0.1) is 6.61 Å². The van der Waals surface area contributed by atoms with Crippen LogP contribution in [0, 0.1) is 11.8 Å². The summed E-state index contributed by atoms with van der Waals surface area (Å²) in [6.07, 6.45) is 40.0. The summed E-state index contributed by atoms with van der Waals surface area (Å²) < 4.78 is 4.71. The Kier molecular flexibility index (Phi) is 12.4. The summed E-state index contributed by atoms with van der Waals surface area (Å²) in [5, 5.41) is 0. The van der Waals surface area contributed by atoms with Crippen LogP contribution < -0.4 is 0 Å². The first-order valence-electron chi connectivity index (χ1n) is 13.6. The lowest BCUT2D eigenvalue weighted by molar-refractivity contribution is -0.128. The van der Waals surface area contributed by atoms with E-state index in [4.69, 9.17) is 4.74 Å². The summed E-state index contributed by atoms with van der Waals surface area (Å²) >= 11 is 0. The lowest BCUT2D eigenvalue weighted by Gasteiger charge is -2.29. The molecule has 182 valence electrons. The summed E-state index contributed by atoms with van der Waals surface area (Å²) in [4.78, 5) is 12.8. The average molecular weight is 452 g/mol. The minimum absolute atomic E-state index is 0.548. The van der Waals surface area contributed by atoms with Gasteiger partial charge < -0.3 is 4.74 Å². The second-order valence-electron chi connectivity index (χ2n) is 9.82. The lowest BCUT2D eigenvalue weighted by atomic mass is 9.83. The highest BCUT2D eigenvalue weighted by Crippen LogP contribution is 2.41. The molecular weight excluding hydrogens is 406 g/mol. The minimum Gasteiger partial charge on any atom is -0.468 e. The second kappa shape index (κ2) is 15.9. The van der Waals surface area contributed by atoms with E-state index in [0.717, 1.165) is 6.42 Å². The molecule has 0 aromatic rings. The second-order valence-corrected chi connectivity index (χ2v) is 9.82. The van der Waals surface area contributed by atoms with Gasteiger partial charge in [0.25, 0.3) is 6.47 Å². The SMILES string of the molecule is O=COCCCCCCCCCCC/C=C/CCCCN1C2C=CC=CC2C2C=CC=CC21. The van der Waals surface area contributed by atoms with Crippen LogP contribution >= 0.6 is 0 Å². The maximum atomic E-state index is 10.1. The molecule has 3 nitrogen and oxygen atoms in total. The summed E-state index contributed by atoms with van der Waals surface area (Å²) in [6.45, 7) is 2.34. The van der Waals surface area contributed by atoms with Gasteiger partial charge in [0.1, 0.15) is 0 Å². The van der Waals surface area contributed by atoms with Crippen molar-refractivity contribution in [2.45, 2.75) is 95.6 Å². The molecule has 33 heavy (non-hydrogen) atoms. The molecule has 0 radical (unpaired) electrons. The zero-order valence-electron chi connectivity index (χ0n) is 20.5. The van der Waals surface area contributed by atoms with Crippen LogP contribution in [0.5, 0.6) is 0 Å². The maximum Gasteiger partial charge on any atom is 0.293 e. The van der Waals surface area contributed by atoms with E-state index in [2.05, 4.69) is 65.7 Å². The molecule has 4 unspecified atom stereocenters. The third kappa shape index (κ3) is 8.77. The van der Waals surface area contributed by atoms with E-state index in [1.54, 1.807) is 0 Å². The Morgan fingerprint density at radius 2 is 1.09 bits per heavy atom. The summed E-state index contributed by atoms with van der Waals surface area (Å²) in [5.74, 6) is 1.30. The van der Waals surface area contributed by atoms with Gasteiger partial charge in [-0.15, -0.1) is 0 Å². The summed E-state index contributed by atoms with van der Waals surface area (Å²) in [7, 11) is 0. The molecule has 4 atom stereocenters. The highest BCUT2D eigenvalue weighted by molar-refractivity contribution is 5.36. The number of hydrogen-bond acceptors (Lipinski definition) is 3. The highest BCUT2D eigenvalue weighted by atomic mass is 16.5. The molecule has 1 heterocycles. The third-order valence-corrected chi connectivity index (χ3v) is 7.41. The highest BCUT2D eigenvalue weighted by Gasteiger charge is 2.44. The van der Waals surface area contributed by atoms with Gasteiger partial charge in [-0.25, -0.2) is 0 Å². The molecular formula is C30H45NO2. The molecule has 0 amide bonds. The van der Waals surface area contributed by atoms with Gasteiger partial charge in [-0.1, -0.05) is 106 Å². The Bertz CT molecular complexity index is 655. The van der Waals surface area contributed by atoms with Crippen LogP contribution in [-0.2, 0) is 9.53 Å². The Morgan fingerprint density at radius 1 is 0.606 bits per heavy atom. The van der Waals surface area contributed by atoms with Gasteiger partial charge in [0.2, 0.25) is 0 Å². The van der Waals surface area contributed by atoms with E-state index < -0.39 is 0 Å². The van der Waals surface area contributed by atoms with Crippen molar-refractivity contribution < 1.29 is 9.53 Å². The zero-order valence-corrected chi connectivity index (χ0v) is 20.5. The molecule has 2 aliphatic carbocycles. The van der Waals surface area contributed by atoms with Gasteiger partial charge in [0.15, 0.2) is 0 Å². The Labute approximate surface area is 202 Å². The van der Waals surface area contributed by atoms with Crippen molar-refractivity contribution in [2.24, 2.45) is 11.8 Å². The molecule has 0 spiro atoms. The third-order valence-electron chi connectivity index (χ3n) is 7.41. The first-order valence-corrected chi connectivity index (χ1v) is 13.6. The van der Waals surface area contributed by atoms with Crippen LogP contribution in [0.25, 0.3) is 0 Å². The smallest absolute Gasteiger partial charge is 0.293 e. The van der Waals surface area contributed by atoms with Crippen molar-refractivity contribution in [3.63, 3.8) is 0 Å². The van der Waals surface area contributed by atoms with E-state index in [-0.39, 0.29) is 0 Å². The van der Waals surface area contributed by atoms with Crippen LogP contribution in [0.4, 0.5) is 0 Å². The first-order chi connectivity index (χ1) is 16.4. The van der Waals surface area contributed by atoms with E-state index in [0.29, 0.717) is 37.0 Å². The fourth-order valence-corrected chi connectivity index (χ4v) is 5.62. The van der Waals surface area contributed by atoms with Crippen molar-refractivity contribution in [2.75, 3.05) is 13.2 Å². The van der Waals surface area contributed by atoms with Crippen LogP contribution in [0.15, 0.2) is 60.8 Å². The summed E-state index contributed by atoms with van der Waals surface area (Å²) in [5.41, 5.74) is 0. The average Bonchev–Trinajstić information content (AvgIpc) is 3.17. The van der Waals surface area contributed by atoms with Crippen LogP contribution in [0.3, 0.4) is 0 Å². The van der Waals surface area contributed by atoms with Crippen molar-refractivity contribution >= 4 is 6.47 Å². The fraction of sp³-hybridized carbons (Fsp3) is 0.633.